The lowest BCUT2D eigenvalue weighted by atomic mass is 10.4. The number of nitrogens with one attached hydrogen (secondary N) is 1. The summed E-state index contributed by atoms with van der Waals surface area (Å²) >= 11 is 5.90. The van der Waals surface area contributed by atoms with Crippen molar-refractivity contribution in [1.29, 1.82) is 0 Å². The Hall–Kier alpha value is -1.06. The van der Waals surface area contributed by atoms with E-state index in [0.717, 1.165) is 29.0 Å². The minimum Gasteiger partial charge on any atom is -0.308 e. The minimum absolute atomic E-state index is 0.721. The van der Waals surface area contributed by atoms with Gasteiger partial charge in [0.05, 0.1) is 10.7 Å². The van der Waals surface area contributed by atoms with E-state index in [9.17, 15) is 0 Å². The lowest BCUT2D eigenvalue weighted by Crippen LogP contribution is -2.15. The average molecular weight is 222 g/mol. The van der Waals surface area contributed by atoms with Gasteiger partial charge in [-0.1, -0.05) is 11.6 Å². The smallest absolute Gasteiger partial charge is 0.137 e. The van der Waals surface area contributed by atoms with Crippen molar-refractivity contribution in [2.45, 2.75) is 25.4 Å². The second kappa shape index (κ2) is 3.51. The molecule has 1 aliphatic rings. The number of halogens is 1. The summed E-state index contributed by atoms with van der Waals surface area (Å²) in [5.74, 6) is 0. The molecule has 0 radical (unpaired) electrons. The van der Waals surface area contributed by atoms with E-state index < -0.39 is 0 Å². The Kier molecular flexibility index (Phi) is 2.15. The summed E-state index contributed by atoms with van der Waals surface area (Å²) in [6.07, 6.45) is 6.51. The average Bonchev–Trinajstić information content (AvgIpc) is 2.95. The van der Waals surface area contributed by atoms with Crippen LogP contribution in [0.2, 0.25) is 5.02 Å². The van der Waals surface area contributed by atoms with Crippen molar-refractivity contribution in [3.8, 4) is 0 Å². The highest BCUT2D eigenvalue weighted by Crippen LogP contribution is 2.19. The number of imidazole rings is 1. The van der Waals surface area contributed by atoms with Crippen LogP contribution in [0.5, 0.6) is 0 Å². The van der Waals surface area contributed by atoms with Crippen LogP contribution in [0.25, 0.3) is 5.65 Å². The van der Waals surface area contributed by atoms with Gasteiger partial charge >= 0.3 is 0 Å². The fourth-order valence-corrected chi connectivity index (χ4v) is 1.81. The second-order valence-corrected chi connectivity index (χ2v) is 4.44. The van der Waals surface area contributed by atoms with Crippen molar-refractivity contribution < 1.29 is 0 Å². The van der Waals surface area contributed by atoms with Gasteiger partial charge in [0.1, 0.15) is 5.65 Å². The zero-order valence-corrected chi connectivity index (χ0v) is 9.04. The Morgan fingerprint density at radius 2 is 2.27 bits per heavy atom. The number of rotatable bonds is 3. The molecule has 1 fully saturated rings. The number of pyridine rings is 1. The number of nitrogens with zero attached hydrogens (tertiary/aromatic N) is 2. The first-order chi connectivity index (χ1) is 7.31. The number of fused-ring (bicyclic) bond motifs is 1. The summed E-state index contributed by atoms with van der Waals surface area (Å²) in [5, 5.41) is 4.18. The molecule has 2 aromatic rings. The highest BCUT2D eigenvalue weighted by molar-refractivity contribution is 6.30. The maximum atomic E-state index is 5.90. The Morgan fingerprint density at radius 3 is 3.07 bits per heavy atom. The first-order valence-corrected chi connectivity index (χ1v) is 5.55. The molecule has 4 heteroatoms. The third-order valence-corrected chi connectivity index (χ3v) is 2.84. The molecule has 0 bridgehead atoms. The first kappa shape index (κ1) is 9.19. The van der Waals surface area contributed by atoms with E-state index in [1.54, 1.807) is 0 Å². The highest BCUT2D eigenvalue weighted by atomic mass is 35.5. The van der Waals surface area contributed by atoms with Gasteiger partial charge in [-0.3, -0.25) is 0 Å². The Bertz CT molecular complexity index is 488. The molecule has 3 nitrogen and oxygen atoms in total. The summed E-state index contributed by atoms with van der Waals surface area (Å²) in [7, 11) is 0. The molecule has 1 saturated carbocycles. The van der Waals surface area contributed by atoms with Crippen LogP contribution in [0.3, 0.4) is 0 Å². The molecule has 0 aliphatic heterocycles. The van der Waals surface area contributed by atoms with Gasteiger partial charge in [-0.2, -0.15) is 0 Å². The zero-order valence-electron chi connectivity index (χ0n) is 8.28. The van der Waals surface area contributed by atoms with Crippen molar-refractivity contribution in [3.05, 3.63) is 35.2 Å². The third-order valence-electron chi connectivity index (χ3n) is 2.61. The molecule has 0 atom stereocenters. The molecule has 3 rings (SSSR count). The van der Waals surface area contributed by atoms with Crippen molar-refractivity contribution in [3.63, 3.8) is 0 Å². The molecule has 0 unspecified atom stereocenters. The lowest BCUT2D eigenvalue weighted by Gasteiger charge is -1.96. The van der Waals surface area contributed by atoms with Gasteiger partial charge in [-0.25, -0.2) is 4.98 Å². The minimum atomic E-state index is 0.721. The van der Waals surface area contributed by atoms with Gasteiger partial charge < -0.3 is 9.72 Å². The first-order valence-electron chi connectivity index (χ1n) is 5.18. The van der Waals surface area contributed by atoms with Crippen LogP contribution in [0, 0.1) is 0 Å². The van der Waals surface area contributed by atoms with Gasteiger partial charge in [-0.15, -0.1) is 0 Å². The molecular weight excluding hydrogens is 210 g/mol. The van der Waals surface area contributed by atoms with Crippen LogP contribution < -0.4 is 5.32 Å². The van der Waals surface area contributed by atoms with E-state index in [4.69, 9.17) is 11.6 Å². The van der Waals surface area contributed by atoms with E-state index in [-0.39, 0.29) is 0 Å². The van der Waals surface area contributed by atoms with Crippen molar-refractivity contribution in [1.82, 2.24) is 14.7 Å². The maximum Gasteiger partial charge on any atom is 0.137 e. The molecule has 78 valence electrons. The summed E-state index contributed by atoms with van der Waals surface area (Å²) < 4.78 is 1.96. The van der Waals surface area contributed by atoms with Crippen LogP contribution >= 0.6 is 11.6 Å². The number of hydrogen-bond donors (Lipinski definition) is 1. The fourth-order valence-electron chi connectivity index (χ4n) is 1.64. The van der Waals surface area contributed by atoms with Gasteiger partial charge in [0.25, 0.3) is 0 Å². The quantitative estimate of drug-likeness (QED) is 0.862. The molecule has 0 aromatic carbocycles. The highest BCUT2D eigenvalue weighted by Gasteiger charge is 2.20. The van der Waals surface area contributed by atoms with Crippen LogP contribution in [0.4, 0.5) is 0 Å². The molecule has 0 amide bonds. The predicted molar refractivity (Wildman–Crippen MR) is 60.1 cm³/mol. The topological polar surface area (TPSA) is 29.3 Å². The largest absolute Gasteiger partial charge is 0.308 e. The second-order valence-electron chi connectivity index (χ2n) is 4.00. The number of hydrogen-bond acceptors (Lipinski definition) is 2. The lowest BCUT2D eigenvalue weighted by molar-refractivity contribution is 0.677. The van der Waals surface area contributed by atoms with Gasteiger partial charge in [-0.05, 0) is 25.0 Å². The van der Waals surface area contributed by atoms with Crippen LogP contribution in [-0.2, 0) is 6.54 Å². The van der Waals surface area contributed by atoms with Crippen LogP contribution in [0.15, 0.2) is 24.5 Å². The molecular formula is C11H12ClN3. The molecule has 15 heavy (non-hydrogen) atoms. The summed E-state index contributed by atoms with van der Waals surface area (Å²) in [4.78, 5) is 4.50. The summed E-state index contributed by atoms with van der Waals surface area (Å²) in [6.45, 7) is 0.851. The van der Waals surface area contributed by atoms with Crippen LogP contribution in [0.1, 0.15) is 18.5 Å². The van der Waals surface area contributed by atoms with E-state index in [1.807, 2.05) is 28.9 Å². The van der Waals surface area contributed by atoms with Gasteiger partial charge in [0.15, 0.2) is 0 Å². The Balaban J connectivity index is 1.84. The van der Waals surface area contributed by atoms with Gasteiger partial charge in [0.2, 0.25) is 0 Å². The number of aromatic nitrogens is 2. The monoisotopic (exact) mass is 221 g/mol. The third kappa shape index (κ3) is 1.98. The van der Waals surface area contributed by atoms with Crippen molar-refractivity contribution in [2.24, 2.45) is 0 Å². The van der Waals surface area contributed by atoms with E-state index in [1.165, 1.54) is 12.8 Å². The Morgan fingerprint density at radius 1 is 1.40 bits per heavy atom. The fraction of sp³-hybridized carbons (Fsp3) is 0.364. The normalized spacial score (nSPS) is 16.1. The molecule has 0 saturated heterocycles. The predicted octanol–water partition coefficient (Wildman–Crippen LogP) is 2.24. The van der Waals surface area contributed by atoms with Crippen LogP contribution in [-0.4, -0.2) is 15.4 Å². The van der Waals surface area contributed by atoms with Crippen molar-refractivity contribution in [2.75, 3.05) is 0 Å². The summed E-state index contributed by atoms with van der Waals surface area (Å²) in [5.41, 5.74) is 2.02. The summed E-state index contributed by atoms with van der Waals surface area (Å²) in [6, 6.07) is 4.52. The molecule has 2 aromatic heterocycles. The SMILES string of the molecule is Clc1ccc2nc(CNC3CC3)cn2c1. The van der Waals surface area contributed by atoms with E-state index in [0.29, 0.717) is 0 Å². The molecule has 1 aliphatic carbocycles. The van der Waals surface area contributed by atoms with Crippen molar-refractivity contribution >= 4 is 17.2 Å². The molecule has 1 N–H and O–H groups in total. The molecule has 0 spiro atoms. The van der Waals surface area contributed by atoms with Gasteiger partial charge in [0, 0.05) is 25.0 Å². The van der Waals surface area contributed by atoms with E-state index >= 15 is 0 Å². The standard InChI is InChI=1S/C11H12ClN3/c12-8-1-4-11-14-10(7-15(11)6-8)5-13-9-2-3-9/h1,4,6-7,9,13H,2-3,5H2. The zero-order chi connectivity index (χ0) is 10.3. The Labute approximate surface area is 93.1 Å². The maximum absolute atomic E-state index is 5.90. The van der Waals surface area contributed by atoms with E-state index in [2.05, 4.69) is 10.3 Å². The molecule has 2 heterocycles.